The number of aliphatic hydroxyl groups is 2. The van der Waals surface area contributed by atoms with Crippen molar-refractivity contribution in [3.05, 3.63) is 0 Å². The van der Waals surface area contributed by atoms with Crippen LogP contribution in [0.15, 0.2) is 0 Å². The summed E-state index contributed by atoms with van der Waals surface area (Å²) in [6.07, 6.45) is -6.38. The molecule has 2 N–H and O–H groups in total. The van der Waals surface area contributed by atoms with Crippen molar-refractivity contribution < 1.29 is 53.2 Å². The highest BCUT2D eigenvalue weighted by Gasteiger charge is 2.32. The molecule has 0 heterocycles. The quantitative estimate of drug-likeness (QED) is 0.202. The van der Waals surface area contributed by atoms with Crippen molar-refractivity contribution in [3.8, 4) is 0 Å². The monoisotopic (exact) mass is 418 g/mol. The van der Waals surface area contributed by atoms with E-state index in [1.807, 2.05) is 0 Å². The summed E-state index contributed by atoms with van der Waals surface area (Å²) in [4.78, 5) is 68.5. The topological polar surface area (TPSA) is 171 Å². The van der Waals surface area contributed by atoms with Gasteiger partial charge in [-0.25, -0.2) is 0 Å². The molecule has 3 unspecified atom stereocenters. The molecule has 0 rings (SSSR count). The first-order valence-electron chi connectivity index (χ1n) is 8.76. The van der Waals surface area contributed by atoms with Gasteiger partial charge in [0, 0.05) is 6.42 Å². The Hall–Kier alpha value is -2.66. The molecule has 11 heteroatoms. The van der Waals surface area contributed by atoms with Crippen molar-refractivity contribution in [1.29, 1.82) is 0 Å². The zero-order valence-electron chi connectivity index (χ0n) is 16.5. The first-order valence-corrected chi connectivity index (χ1v) is 8.76. The number of carbonyl (C=O) groups excluding carboxylic acids is 6. The molecule has 0 aromatic heterocycles. The Morgan fingerprint density at radius 3 is 1.55 bits per heavy atom. The second kappa shape index (κ2) is 13.5. The zero-order valence-corrected chi connectivity index (χ0v) is 16.5. The Labute approximate surface area is 167 Å². The normalized spacial score (nSPS) is 13.6. The molecule has 3 atom stereocenters. The fourth-order valence-corrected chi connectivity index (χ4v) is 2.09. The number of carbonyl (C=O) groups is 6. The molecular weight excluding hydrogens is 392 g/mol. The van der Waals surface area contributed by atoms with Crippen molar-refractivity contribution in [1.82, 2.24) is 0 Å². The minimum atomic E-state index is -1.45. The number of aliphatic hydroxyl groups excluding tert-OH is 2. The molecule has 0 aromatic rings. The molecule has 29 heavy (non-hydrogen) atoms. The van der Waals surface area contributed by atoms with E-state index in [-0.39, 0.29) is 0 Å². The summed E-state index contributed by atoms with van der Waals surface area (Å²) in [5, 5.41) is 18.7. The predicted octanol–water partition coefficient (Wildman–Crippen LogP) is -0.966. The van der Waals surface area contributed by atoms with Gasteiger partial charge in [0.1, 0.15) is 49.3 Å². The molecule has 0 aliphatic heterocycles. The van der Waals surface area contributed by atoms with Crippen LogP contribution < -0.4 is 0 Å². The van der Waals surface area contributed by atoms with E-state index in [0.29, 0.717) is 0 Å². The van der Waals surface area contributed by atoms with E-state index < -0.39 is 92.5 Å². The molecular formula is C18H26O11. The maximum absolute atomic E-state index is 11.9. The van der Waals surface area contributed by atoms with Crippen LogP contribution in [0, 0.1) is 0 Å². The van der Waals surface area contributed by atoms with Crippen LogP contribution in [-0.2, 0) is 43.0 Å². The van der Waals surface area contributed by atoms with E-state index in [2.05, 4.69) is 0 Å². The van der Waals surface area contributed by atoms with E-state index >= 15 is 0 Å². The van der Waals surface area contributed by atoms with Crippen molar-refractivity contribution >= 4 is 35.3 Å². The molecule has 164 valence electrons. The third kappa shape index (κ3) is 13.2. The summed E-state index contributed by atoms with van der Waals surface area (Å²) >= 11 is 0. The van der Waals surface area contributed by atoms with Crippen LogP contribution in [0.4, 0.5) is 0 Å². The number of hydrogen-bond acceptors (Lipinski definition) is 11. The predicted molar refractivity (Wildman–Crippen MR) is 94.3 cm³/mol. The van der Waals surface area contributed by atoms with Gasteiger partial charge in [-0.15, -0.1) is 0 Å². The number of rotatable bonds is 14. The van der Waals surface area contributed by atoms with Crippen LogP contribution in [0.5, 0.6) is 0 Å². The van der Waals surface area contributed by atoms with Gasteiger partial charge < -0.3 is 24.4 Å². The van der Waals surface area contributed by atoms with E-state index in [4.69, 9.17) is 19.3 Å². The minimum absolute atomic E-state index is 0.414. The second-order valence-corrected chi connectivity index (χ2v) is 6.45. The maximum atomic E-state index is 11.9. The van der Waals surface area contributed by atoms with Crippen molar-refractivity contribution in [2.45, 2.75) is 64.8 Å². The Bertz CT molecular complexity index is 625. The number of esters is 3. The van der Waals surface area contributed by atoms with Crippen LogP contribution in [0.3, 0.4) is 0 Å². The van der Waals surface area contributed by atoms with Gasteiger partial charge in [-0.1, -0.05) is 0 Å². The average Bonchev–Trinajstić information content (AvgIpc) is 2.55. The number of Topliss-reactive ketones (excluding diaryl/α,β-unsaturated/α-hetero) is 3. The second-order valence-electron chi connectivity index (χ2n) is 6.45. The van der Waals surface area contributed by atoms with Crippen LogP contribution in [0.1, 0.15) is 46.5 Å². The molecule has 0 bridgehead atoms. The summed E-state index contributed by atoms with van der Waals surface area (Å²) in [6, 6.07) is 0. The van der Waals surface area contributed by atoms with Crippen LogP contribution in [-0.4, -0.2) is 77.0 Å². The summed E-state index contributed by atoms with van der Waals surface area (Å²) in [5.74, 6) is -4.41. The van der Waals surface area contributed by atoms with E-state index in [1.165, 1.54) is 0 Å². The lowest BCUT2D eigenvalue weighted by Crippen LogP contribution is -2.42. The third-order valence-electron chi connectivity index (χ3n) is 3.28. The molecule has 0 amide bonds. The van der Waals surface area contributed by atoms with Crippen LogP contribution in [0.25, 0.3) is 0 Å². The summed E-state index contributed by atoms with van der Waals surface area (Å²) in [7, 11) is 0. The SMILES string of the molecule is CC(=O)CC(=O)OCC(OC(=O)CC(C)=O)C(CC(O)CO)OC(=O)CC(C)=O. The minimum Gasteiger partial charge on any atom is -0.461 e. The molecule has 0 saturated carbocycles. The number of ether oxygens (including phenoxy) is 3. The Morgan fingerprint density at radius 1 is 0.724 bits per heavy atom. The third-order valence-corrected chi connectivity index (χ3v) is 3.28. The molecule has 0 aliphatic rings. The lowest BCUT2D eigenvalue weighted by Gasteiger charge is -2.28. The fourth-order valence-electron chi connectivity index (χ4n) is 2.09. The van der Waals surface area contributed by atoms with E-state index in [0.717, 1.165) is 20.8 Å². The molecule has 0 fully saturated rings. The lowest BCUT2D eigenvalue weighted by atomic mass is 10.1. The maximum Gasteiger partial charge on any atom is 0.313 e. The Morgan fingerprint density at radius 2 is 1.14 bits per heavy atom. The van der Waals surface area contributed by atoms with Crippen LogP contribution in [0.2, 0.25) is 0 Å². The molecule has 0 spiro atoms. The summed E-state index contributed by atoms with van der Waals surface area (Å²) in [6.45, 7) is 2.09. The molecule has 0 radical (unpaired) electrons. The van der Waals surface area contributed by atoms with Gasteiger partial charge in [-0.2, -0.15) is 0 Å². The highest BCUT2D eigenvalue weighted by Crippen LogP contribution is 2.15. The van der Waals surface area contributed by atoms with Crippen molar-refractivity contribution in [2.75, 3.05) is 13.2 Å². The van der Waals surface area contributed by atoms with E-state index in [1.54, 1.807) is 0 Å². The fraction of sp³-hybridized carbons (Fsp3) is 0.667. The largest absolute Gasteiger partial charge is 0.461 e. The molecule has 0 saturated heterocycles. The smallest absolute Gasteiger partial charge is 0.313 e. The number of hydrogen-bond donors (Lipinski definition) is 2. The molecule has 11 nitrogen and oxygen atoms in total. The number of ketones is 3. The van der Waals surface area contributed by atoms with Gasteiger partial charge in [-0.3, -0.25) is 28.8 Å². The highest BCUT2D eigenvalue weighted by molar-refractivity contribution is 5.95. The molecule has 0 aliphatic carbocycles. The summed E-state index contributed by atoms with van der Waals surface area (Å²) < 4.78 is 15.0. The Kier molecular flexibility index (Phi) is 12.3. The standard InChI is InChI=1S/C18H26O11/c1-10(20)4-16(24)27-9-15(29-18(26)6-12(3)22)14(7-13(23)8-19)28-17(25)5-11(2)21/h13-15,19,23H,4-9H2,1-3H3. The summed E-state index contributed by atoms with van der Waals surface area (Å²) in [5.41, 5.74) is 0. The first-order chi connectivity index (χ1) is 13.4. The first kappa shape index (κ1) is 26.3. The van der Waals surface area contributed by atoms with Crippen LogP contribution >= 0.6 is 0 Å². The van der Waals surface area contributed by atoms with Gasteiger partial charge in [0.2, 0.25) is 0 Å². The average molecular weight is 418 g/mol. The van der Waals surface area contributed by atoms with Gasteiger partial charge in [0.05, 0.1) is 12.7 Å². The van der Waals surface area contributed by atoms with Gasteiger partial charge in [-0.05, 0) is 20.8 Å². The van der Waals surface area contributed by atoms with E-state index in [9.17, 15) is 33.9 Å². The van der Waals surface area contributed by atoms with Crippen molar-refractivity contribution in [3.63, 3.8) is 0 Å². The Balaban J connectivity index is 5.45. The highest BCUT2D eigenvalue weighted by atomic mass is 16.6. The van der Waals surface area contributed by atoms with Gasteiger partial charge in [0.15, 0.2) is 6.10 Å². The van der Waals surface area contributed by atoms with Crippen molar-refractivity contribution in [2.24, 2.45) is 0 Å². The molecule has 0 aromatic carbocycles. The van der Waals surface area contributed by atoms with Gasteiger partial charge >= 0.3 is 17.9 Å². The zero-order chi connectivity index (χ0) is 22.6. The van der Waals surface area contributed by atoms with Gasteiger partial charge in [0.25, 0.3) is 0 Å². The lowest BCUT2D eigenvalue weighted by molar-refractivity contribution is -0.179.